The van der Waals surface area contributed by atoms with E-state index in [0.717, 1.165) is 42.1 Å². The van der Waals surface area contributed by atoms with Crippen LogP contribution < -0.4 is 10.6 Å². The SMILES string of the molecule is O=C(NC(=S)Nc1nccs1)C12CC3CC(CC(C3)C1)C2. The predicted octanol–water partition coefficient (Wildman–Crippen LogP) is 3.17. The highest BCUT2D eigenvalue weighted by atomic mass is 32.1. The van der Waals surface area contributed by atoms with Crippen LogP contribution >= 0.6 is 23.6 Å². The molecule has 0 atom stereocenters. The summed E-state index contributed by atoms with van der Waals surface area (Å²) in [6, 6.07) is 0. The number of rotatable bonds is 2. The minimum Gasteiger partial charge on any atom is -0.308 e. The van der Waals surface area contributed by atoms with Gasteiger partial charge in [-0.25, -0.2) is 4.98 Å². The summed E-state index contributed by atoms with van der Waals surface area (Å²) >= 11 is 6.73. The van der Waals surface area contributed by atoms with Crippen molar-refractivity contribution >= 4 is 39.7 Å². The highest BCUT2D eigenvalue weighted by molar-refractivity contribution is 7.80. The van der Waals surface area contributed by atoms with E-state index in [1.165, 1.54) is 30.6 Å². The lowest BCUT2D eigenvalue weighted by molar-refractivity contribution is -0.144. The fraction of sp³-hybridized carbons (Fsp3) is 0.667. The van der Waals surface area contributed by atoms with Crippen molar-refractivity contribution in [2.24, 2.45) is 23.2 Å². The van der Waals surface area contributed by atoms with E-state index >= 15 is 0 Å². The quantitative estimate of drug-likeness (QED) is 0.822. The van der Waals surface area contributed by atoms with Crippen molar-refractivity contribution in [1.82, 2.24) is 10.3 Å². The molecule has 2 N–H and O–H groups in total. The average molecular weight is 321 g/mol. The van der Waals surface area contributed by atoms with Crippen LogP contribution in [0.2, 0.25) is 0 Å². The Bertz CT molecular complexity index is 534. The van der Waals surface area contributed by atoms with E-state index in [4.69, 9.17) is 12.2 Å². The van der Waals surface area contributed by atoms with Gasteiger partial charge in [0.25, 0.3) is 0 Å². The Labute approximate surface area is 133 Å². The number of carbonyl (C=O) groups excluding carboxylic acids is 1. The average Bonchev–Trinajstić information content (AvgIpc) is 2.89. The van der Waals surface area contributed by atoms with E-state index in [-0.39, 0.29) is 11.3 Å². The third kappa shape index (κ3) is 2.48. The van der Waals surface area contributed by atoms with Crippen molar-refractivity contribution in [2.75, 3.05) is 5.32 Å². The first-order valence-corrected chi connectivity index (χ1v) is 8.94. The first kappa shape index (κ1) is 13.6. The summed E-state index contributed by atoms with van der Waals surface area (Å²) < 4.78 is 0. The Hall–Kier alpha value is -1.01. The van der Waals surface area contributed by atoms with Crippen LogP contribution in [0.15, 0.2) is 11.6 Å². The molecule has 1 aromatic heterocycles. The third-order valence-corrected chi connectivity index (χ3v) is 6.29. The van der Waals surface area contributed by atoms with E-state index in [0.29, 0.717) is 5.11 Å². The minimum absolute atomic E-state index is 0.135. The van der Waals surface area contributed by atoms with E-state index in [2.05, 4.69) is 15.6 Å². The molecule has 4 fully saturated rings. The van der Waals surface area contributed by atoms with Gasteiger partial charge in [0.2, 0.25) is 5.91 Å². The van der Waals surface area contributed by atoms with Crippen LogP contribution in [0, 0.1) is 23.2 Å². The molecule has 5 rings (SSSR count). The summed E-state index contributed by atoms with van der Waals surface area (Å²) in [7, 11) is 0. The summed E-state index contributed by atoms with van der Waals surface area (Å²) in [5, 5.41) is 8.90. The zero-order valence-corrected chi connectivity index (χ0v) is 13.4. The molecule has 0 unspecified atom stereocenters. The molecule has 1 aromatic rings. The van der Waals surface area contributed by atoms with Gasteiger partial charge in [-0.05, 0) is 68.5 Å². The number of hydrogen-bond donors (Lipinski definition) is 2. The van der Waals surface area contributed by atoms with Crippen molar-refractivity contribution in [3.05, 3.63) is 11.6 Å². The summed E-state index contributed by atoms with van der Waals surface area (Å²) in [5.74, 6) is 2.43. The highest BCUT2D eigenvalue weighted by Crippen LogP contribution is 2.60. The largest absolute Gasteiger partial charge is 0.308 e. The molecule has 0 aromatic carbocycles. The molecule has 4 bridgehead atoms. The molecular formula is C15H19N3OS2. The molecule has 0 spiro atoms. The smallest absolute Gasteiger partial charge is 0.232 e. The zero-order chi connectivity index (χ0) is 14.4. The van der Waals surface area contributed by atoms with Gasteiger partial charge >= 0.3 is 0 Å². The summed E-state index contributed by atoms with van der Waals surface area (Å²) in [6.45, 7) is 0. The standard InChI is InChI=1S/C15H19N3OS2/c19-12(17-13(20)18-14-16-1-2-21-14)15-6-9-3-10(7-15)5-11(4-9)8-15/h1-2,9-11H,3-8H2,(H2,16,17,18,19,20). The molecular weight excluding hydrogens is 302 g/mol. The van der Waals surface area contributed by atoms with Crippen LogP contribution in [0.25, 0.3) is 0 Å². The van der Waals surface area contributed by atoms with Crippen LogP contribution in [0.1, 0.15) is 38.5 Å². The second-order valence-corrected chi connectivity index (χ2v) is 8.25. The Morgan fingerprint density at radius 3 is 2.38 bits per heavy atom. The molecule has 1 amide bonds. The number of thiocarbonyl (C=S) groups is 1. The fourth-order valence-corrected chi connectivity index (χ4v) is 5.83. The van der Waals surface area contributed by atoms with Crippen LogP contribution in [-0.2, 0) is 4.79 Å². The molecule has 0 saturated heterocycles. The number of carbonyl (C=O) groups is 1. The number of nitrogens with zero attached hydrogens (tertiary/aromatic N) is 1. The maximum atomic E-state index is 12.8. The Kier molecular flexibility index (Phi) is 3.26. The lowest BCUT2D eigenvalue weighted by Crippen LogP contribution is -2.55. The van der Waals surface area contributed by atoms with Crippen molar-refractivity contribution in [2.45, 2.75) is 38.5 Å². The van der Waals surface area contributed by atoms with Gasteiger partial charge in [-0.15, -0.1) is 11.3 Å². The fourth-order valence-electron chi connectivity index (χ4n) is 5.04. The Balaban J connectivity index is 1.44. The molecule has 4 nitrogen and oxygen atoms in total. The monoisotopic (exact) mass is 321 g/mol. The van der Waals surface area contributed by atoms with Gasteiger partial charge in [-0.1, -0.05) is 0 Å². The van der Waals surface area contributed by atoms with Crippen LogP contribution in [0.4, 0.5) is 5.13 Å². The highest BCUT2D eigenvalue weighted by Gasteiger charge is 2.54. The maximum Gasteiger partial charge on any atom is 0.232 e. The van der Waals surface area contributed by atoms with Crippen molar-refractivity contribution in [3.8, 4) is 0 Å². The van der Waals surface area contributed by atoms with Gasteiger partial charge in [0.05, 0.1) is 5.41 Å². The minimum atomic E-state index is -0.149. The van der Waals surface area contributed by atoms with Crippen LogP contribution in [0.5, 0.6) is 0 Å². The number of anilines is 1. The van der Waals surface area contributed by atoms with Crippen LogP contribution in [-0.4, -0.2) is 16.0 Å². The van der Waals surface area contributed by atoms with Gasteiger partial charge in [-0.3, -0.25) is 4.79 Å². The summed E-state index contributed by atoms with van der Waals surface area (Å²) in [6.07, 6.45) is 8.92. The Morgan fingerprint density at radius 2 is 1.86 bits per heavy atom. The molecule has 6 heteroatoms. The molecule has 0 aliphatic heterocycles. The van der Waals surface area contributed by atoms with Crippen molar-refractivity contribution in [3.63, 3.8) is 0 Å². The number of thiazole rings is 1. The maximum absolute atomic E-state index is 12.8. The van der Waals surface area contributed by atoms with Gasteiger partial charge in [-0.2, -0.15) is 0 Å². The zero-order valence-electron chi connectivity index (χ0n) is 11.8. The van der Waals surface area contributed by atoms with Crippen molar-refractivity contribution in [1.29, 1.82) is 0 Å². The topological polar surface area (TPSA) is 54.0 Å². The number of nitrogens with one attached hydrogen (secondary N) is 2. The number of amides is 1. The van der Waals surface area contributed by atoms with E-state index in [1.807, 2.05) is 5.38 Å². The normalized spacial score (nSPS) is 36.5. The predicted molar refractivity (Wildman–Crippen MR) is 87.1 cm³/mol. The lowest BCUT2D eigenvalue weighted by Gasteiger charge is -2.55. The first-order chi connectivity index (χ1) is 10.1. The molecule has 0 radical (unpaired) electrons. The number of hydrogen-bond acceptors (Lipinski definition) is 4. The van der Waals surface area contributed by atoms with Gasteiger partial charge < -0.3 is 10.6 Å². The summed E-state index contributed by atoms with van der Waals surface area (Å²) in [5.41, 5.74) is -0.149. The van der Waals surface area contributed by atoms with E-state index < -0.39 is 0 Å². The van der Waals surface area contributed by atoms with Gasteiger partial charge in [0.15, 0.2) is 10.2 Å². The summed E-state index contributed by atoms with van der Waals surface area (Å²) in [4.78, 5) is 16.9. The molecule has 21 heavy (non-hydrogen) atoms. The van der Waals surface area contributed by atoms with E-state index in [1.54, 1.807) is 6.20 Å². The molecule has 4 aliphatic rings. The van der Waals surface area contributed by atoms with Crippen molar-refractivity contribution < 1.29 is 4.79 Å². The second-order valence-electron chi connectivity index (χ2n) is 6.94. The molecule has 112 valence electrons. The Morgan fingerprint density at radius 1 is 1.24 bits per heavy atom. The number of aromatic nitrogens is 1. The van der Waals surface area contributed by atoms with Crippen LogP contribution in [0.3, 0.4) is 0 Å². The molecule has 1 heterocycles. The molecule has 4 aliphatic carbocycles. The van der Waals surface area contributed by atoms with Gasteiger partial charge in [0, 0.05) is 11.6 Å². The third-order valence-electron chi connectivity index (χ3n) is 5.40. The van der Waals surface area contributed by atoms with E-state index in [9.17, 15) is 4.79 Å². The first-order valence-electron chi connectivity index (χ1n) is 7.65. The molecule has 4 saturated carbocycles. The lowest BCUT2D eigenvalue weighted by atomic mass is 9.49. The van der Waals surface area contributed by atoms with Gasteiger partial charge in [0.1, 0.15) is 0 Å². The second kappa shape index (κ2) is 5.02.